The van der Waals surface area contributed by atoms with E-state index in [1.165, 1.54) is 17.7 Å². The van der Waals surface area contributed by atoms with Crippen LogP contribution in [0.15, 0.2) is 12.1 Å². The normalized spacial score (nSPS) is 19.7. The number of alkyl halides is 1. The van der Waals surface area contributed by atoms with Gasteiger partial charge < -0.3 is 4.98 Å². The highest BCUT2D eigenvalue weighted by Gasteiger charge is 2.29. The number of H-pyrrole nitrogens is 1. The number of hydrogen-bond acceptors (Lipinski definition) is 1. The summed E-state index contributed by atoms with van der Waals surface area (Å²) in [5.74, 6) is 1.27. The molecule has 0 saturated carbocycles. The summed E-state index contributed by atoms with van der Waals surface area (Å²) in [5, 5.41) is 0. The Morgan fingerprint density at radius 1 is 1.37 bits per heavy atom. The largest absolute Gasteiger partial charge is 0.356 e. The van der Waals surface area contributed by atoms with E-state index in [0.29, 0.717) is 11.3 Å². The molecule has 0 aromatic carbocycles. The minimum Gasteiger partial charge on any atom is -0.356 e. The van der Waals surface area contributed by atoms with Gasteiger partial charge in [0.2, 0.25) is 0 Å². The van der Waals surface area contributed by atoms with Crippen LogP contribution in [0.1, 0.15) is 44.1 Å². The van der Waals surface area contributed by atoms with Gasteiger partial charge in [0.15, 0.2) is 0 Å². The zero-order chi connectivity index (χ0) is 13.6. The summed E-state index contributed by atoms with van der Waals surface area (Å²) < 4.78 is 0. The first-order valence-electron chi connectivity index (χ1n) is 7.04. The van der Waals surface area contributed by atoms with Crippen molar-refractivity contribution in [2.24, 2.45) is 11.3 Å². The number of halogens is 1. The van der Waals surface area contributed by atoms with Gasteiger partial charge in [0.1, 0.15) is 0 Å². The molecule has 0 aliphatic heterocycles. The Labute approximate surface area is 119 Å². The van der Waals surface area contributed by atoms with Crippen LogP contribution in [0.3, 0.4) is 0 Å². The lowest BCUT2D eigenvalue weighted by atomic mass is 9.71. The van der Waals surface area contributed by atoms with Crippen molar-refractivity contribution in [1.29, 1.82) is 0 Å². The summed E-state index contributed by atoms with van der Waals surface area (Å²) >= 11 is 5.88. The molecule has 2 heterocycles. The quantitative estimate of drug-likeness (QED) is 0.766. The highest BCUT2D eigenvalue weighted by molar-refractivity contribution is 6.17. The minimum absolute atomic E-state index is 0.379. The molecule has 0 fully saturated rings. The van der Waals surface area contributed by atoms with Crippen LogP contribution in [-0.4, -0.2) is 9.97 Å². The summed E-state index contributed by atoms with van der Waals surface area (Å²) in [6, 6.07) is 4.35. The number of aromatic amines is 1. The van der Waals surface area contributed by atoms with Crippen molar-refractivity contribution in [1.82, 2.24) is 9.97 Å². The Morgan fingerprint density at radius 2 is 2.16 bits per heavy atom. The van der Waals surface area contributed by atoms with Crippen molar-refractivity contribution < 1.29 is 0 Å². The first-order chi connectivity index (χ1) is 8.97. The molecule has 1 aliphatic rings. The maximum atomic E-state index is 5.88. The Bertz CT molecular complexity index is 607. The van der Waals surface area contributed by atoms with Gasteiger partial charge in [-0.15, -0.1) is 11.6 Å². The lowest BCUT2D eigenvalue weighted by Crippen LogP contribution is -2.27. The van der Waals surface area contributed by atoms with Crippen LogP contribution in [0.25, 0.3) is 11.0 Å². The summed E-state index contributed by atoms with van der Waals surface area (Å²) in [4.78, 5) is 8.17. The van der Waals surface area contributed by atoms with Gasteiger partial charge in [-0.25, -0.2) is 0 Å². The Balaban J connectivity index is 2.00. The predicted molar refractivity (Wildman–Crippen MR) is 80.6 cm³/mol. The first kappa shape index (κ1) is 13.0. The van der Waals surface area contributed by atoms with E-state index in [1.54, 1.807) is 0 Å². The number of aryl methyl sites for hydroxylation is 1. The molecular weight excluding hydrogens is 256 g/mol. The molecule has 1 atom stereocenters. The second-order valence-electron chi connectivity index (χ2n) is 6.76. The van der Waals surface area contributed by atoms with E-state index >= 15 is 0 Å². The predicted octanol–water partition coefficient (Wildman–Crippen LogP) is 4.45. The van der Waals surface area contributed by atoms with Crippen molar-refractivity contribution in [2.45, 2.75) is 45.9 Å². The Kier molecular flexibility index (Phi) is 3.09. The molecule has 2 nitrogen and oxygen atoms in total. The Morgan fingerprint density at radius 3 is 2.84 bits per heavy atom. The molecule has 0 amide bonds. The molecule has 1 N–H and O–H groups in total. The van der Waals surface area contributed by atoms with E-state index in [0.717, 1.165) is 35.5 Å². The van der Waals surface area contributed by atoms with Crippen molar-refractivity contribution in [3.8, 4) is 0 Å². The third-order valence-electron chi connectivity index (χ3n) is 4.39. The molecule has 3 heteroatoms. The van der Waals surface area contributed by atoms with Crippen LogP contribution in [0.4, 0.5) is 0 Å². The van der Waals surface area contributed by atoms with Gasteiger partial charge in [-0.3, -0.25) is 4.98 Å². The van der Waals surface area contributed by atoms with Crippen LogP contribution >= 0.6 is 11.6 Å². The Hall–Kier alpha value is -1.02. The monoisotopic (exact) mass is 276 g/mol. The second-order valence-corrected chi connectivity index (χ2v) is 7.03. The fourth-order valence-corrected chi connectivity index (χ4v) is 3.22. The molecule has 19 heavy (non-hydrogen) atoms. The maximum Gasteiger partial charge on any atom is 0.0885 e. The summed E-state index contributed by atoms with van der Waals surface area (Å²) in [5.41, 5.74) is 6.32. The molecular formula is C16H21ClN2. The molecule has 0 spiro atoms. The zero-order valence-corrected chi connectivity index (χ0v) is 12.6. The second kappa shape index (κ2) is 4.52. The van der Waals surface area contributed by atoms with Crippen LogP contribution in [0, 0.1) is 11.3 Å². The van der Waals surface area contributed by atoms with Crippen molar-refractivity contribution in [3.05, 3.63) is 29.1 Å². The maximum absolute atomic E-state index is 5.88. The lowest BCUT2D eigenvalue weighted by Gasteiger charge is -2.34. The molecule has 0 radical (unpaired) electrons. The van der Waals surface area contributed by atoms with Gasteiger partial charge >= 0.3 is 0 Å². The van der Waals surface area contributed by atoms with Crippen molar-refractivity contribution in [2.75, 3.05) is 0 Å². The van der Waals surface area contributed by atoms with Crippen LogP contribution in [0.5, 0.6) is 0 Å². The molecule has 1 aliphatic carbocycles. The average molecular weight is 277 g/mol. The third-order valence-corrected chi connectivity index (χ3v) is 4.68. The number of nitrogens with zero attached hydrogens (tertiary/aromatic N) is 1. The molecule has 0 saturated heterocycles. The molecule has 0 bridgehead atoms. The molecule has 1 unspecified atom stereocenters. The highest BCUT2D eigenvalue weighted by Crippen LogP contribution is 2.37. The van der Waals surface area contributed by atoms with Gasteiger partial charge in [0.25, 0.3) is 0 Å². The SMILES string of the molecule is CC(C)(C)C1CCc2nc3cc(CCl)[nH]c3cc2C1. The first-order valence-corrected chi connectivity index (χ1v) is 7.57. The highest BCUT2D eigenvalue weighted by atomic mass is 35.5. The van der Waals surface area contributed by atoms with Crippen LogP contribution in [-0.2, 0) is 18.7 Å². The summed E-state index contributed by atoms with van der Waals surface area (Å²) in [7, 11) is 0. The number of rotatable bonds is 1. The van der Waals surface area contributed by atoms with E-state index < -0.39 is 0 Å². The minimum atomic E-state index is 0.379. The summed E-state index contributed by atoms with van der Waals surface area (Å²) in [6.45, 7) is 7.03. The van der Waals surface area contributed by atoms with Crippen LogP contribution < -0.4 is 0 Å². The standard InChI is InChI=1S/C16H21ClN2/c1-16(2,3)11-4-5-13-10(6-11)7-14-15(19-13)8-12(9-17)18-14/h7-8,11,18H,4-6,9H2,1-3H3. The topological polar surface area (TPSA) is 28.7 Å². The van der Waals surface area contributed by atoms with Crippen LogP contribution in [0.2, 0.25) is 0 Å². The van der Waals surface area contributed by atoms with Gasteiger partial charge in [-0.1, -0.05) is 20.8 Å². The third kappa shape index (κ3) is 2.38. The van der Waals surface area contributed by atoms with E-state index in [1.807, 2.05) is 0 Å². The molecule has 3 rings (SSSR count). The van der Waals surface area contributed by atoms with E-state index in [-0.39, 0.29) is 0 Å². The number of hydrogen-bond donors (Lipinski definition) is 1. The van der Waals surface area contributed by atoms with Gasteiger partial charge in [-0.05, 0) is 48.3 Å². The fraction of sp³-hybridized carbons (Fsp3) is 0.562. The van der Waals surface area contributed by atoms with E-state index in [2.05, 4.69) is 37.9 Å². The summed E-state index contributed by atoms with van der Waals surface area (Å²) in [6.07, 6.45) is 3.51. The molecule has 102 valence electrons. The average Bonchev–Trinajstić information content (AvgIpc) is 2.75. The lowest BCUT2D eigenvalue weighted by molar-refractivity contribution is 0.215. The number of fused-ring (bicyclic) bond motifs is 2. The van der Waals surface area contributed by atoms with E-state index in [4.69, 9.17) is 16.6 Å². The van der Waals surface area contributed by atoms with Crippen molar-refractivity contribution >= 4 is 22.6 Å². The van der Waals surface area contributed by atoms with Crippen molar-refractivity contribution in [3.63, 3.8) is 0 Å². The fourth-order valence-electron chi connectivity index (χ4n) is 3.08. The zero-order valence-electron chi connectivity index (χ0n) is 11.9. The molecule has 2 aromatic heterocycles. The number of nitrogens with one attached hydrogen (secondary N) is 1. The van der Waals surface area contributed by atoms with Gasteiger partial charge in [0.05, 0.1) is 16.9 Å². The van der Waals surface area contributed by atoms with Gasteiger partial charge in [-0.2, -0.15) is 0 Å². The number of pyridine rings is 1. The number of aromatic nitrogens is 2. The van der Waals surface area contributed by atoms with Gasteiger partial charge in [0, 0.05) is 11.4 Å². The molecule has 2 aromatic rings. The van der Waals surface area contributed by atoms with E-state index in [9.17, 15) is 0 Å². The smallest absolute Gasteiger partial charge is 0.0885 e.